The van der Waals surface area contributed by atoms with Crippen molar-refractivity contribution in [2.24, 2.45) is 0 Å². The molecule has 1 aromatic heterocycles. The van der Waals surface area contributed by atoms with Gasteiger partial charge in [0.2, 0.25) is 0 Å². The van der Waals surface area contributed by atoms with Gasteiger partial charge in [-0.3, -0.25) is 0 Å². The molecular weight excluding hydrogens is 226 g/mol. The smallest absolute Gasteiger partial charge is 0.135 e. The third-order valence-electron chi connectivity index (χ3n) is 3.21. The zero-order chi connectivity index (χ0) is 13.0. The average molecular weight is 249 g/mol. The fourth-order valence-electron chi connectivity index (χ4n) is 2.18. The predicted octanol–water partition coefficient (Wildman–Crippen LogP) is 1.69. The quantitative estimate of drug-likeness (QED) is 0.831. The number of likely N-dealkylation sites (tertiary alicyclic amines) is 1. The Morgan fingerprint density at radius 3 is 2.72 bits per heavy atom. The minimum atomic E-state index is 0.299. The number of nitrogens with zero attached hydrogens (tertiary/aromatic N) is 3. The maximum Gasteiger partial charge on any atom is 0.135 e. The standard InChI is InChI=1S/C13H23N5/c1-10(2)13-16-11(14)9-12(17-13)15-5-8-18-6-3-4-7-18/h9-10H,3-8H2,1-2H3,(H3,14,15,16,17). The Morgan fingerprint density at radius 2 is 2.06 bits per heavy atom. The molecule has 3 N–H and O–H groups in total. The summed E-state index contributed by atoms with van der Waals surface area (Å²) >= 11 is 0. The minimum Gasteiger partial charge on any atom is -0.384 e. The largest absolute Gasteiger partial charge is 0.384 e. The fraction of sp³-hybridized carbons (Fsp3) is 0.692. The Morgan fingerprint density at radius 1 is 1.33 bits per heavy atom. The zero-order valence-electron chi connectivity index (χ0n) is 11.3. The highest BCUT2D eigenvalue weighted by molar-refractivity contribution is 5.44. The average Bonchev–Trinajstić information content (AvgIpc) is 2.81. The van der Waals surface area contributed by atoms with Crippen molar-refractivity contribution in [3.8, 4) is 0 Å². The molecule has 1 aromatic rings. The molecule has 1 saturated heterocycles. The third kappa shape index (κ3) is 3.57. The van der Waals surface area contributed by atoms with E-state index in [1.807, 2.05) is 0 Å². The number of anilines is 2. The second-order valence-corrected chi connectivity index (χ2v) is 5.17. The SMILES string of the molecule is CC(C)c1nc(N)cc(NCCN2CCCC2)n1. The van der Waals surface area contributed by atoms with Crippen LogP contribution in [-0.2, 0) is 0 Å². The number of hydrogen-bond acceptors (Lipinski definition) is 5. The van der Waals surface area contributed by atoms with Gasteiger partial charge in [0.25, 0.3) is 0 Å². The topological polar surface area (TPSA) is 67.1 Å². The summed E-state index contributed by atoms with van der Waals surface area (Å²) in [7, 11) is 0. The normalized spacial score (nSPS) is 16.4. The van der Waals surface area contributed by atoms with Crippen molar-refractivity contribution < 1.29 is 0 Å². The molecule has 0 unspecified atom stereocenters. The Balaban J connectivity index is 1.88. The van der Waals surface area contributed by atoms with E-state index < -0.39 is 0 Å². The van der Waals surface area contributed by atoms with Gasteiger partial charge in [-0.1, -0.05) is 13.8 Å². The van der Waals surface area contributed by atoms with E-state index in [1.165, 1.54) is 25.9 Å². The number of aromatic nitrogens is 2. The van der Waals surface area contributed by atoms with Crippen molar-refractivity contribution in [3.05, 3.63) is 11.9 Å². The number of nitrogens with one attached hydrogen (secondary N) is 1. The monoisotopic (exact) mass is 249 g/mol. The lowest BCUT2D eigenvalue weighted by Gasteiger charge is -2.15. The van der Waals surface area contributed by atoms with Gasteiger partial charge < -0.3 is 16.0 Å². The maximum absolute atomic E-state index is 5.79. The summed E-state index contributed by atoms with van der Waals surface area (Å²) in [6.07, 6.45) is 2.66. The highest BCUT2D eigenvalue weighted by atomic mass is 15.2. The van der Waals surface area contributed by atoms with Crippen molar-refractivity contribution in [1.82, 2.24) is 14.9 Å². The van der Waals surface area contributed by atoms with Crippen LogP contribution in [0.15, 0.2) is 6.07 Å². The number of hydrogen-bond donors (Lipinski definition) is 2. The first-order valence-corrected chi connectivity index (χ1v) is 6.76. The van der Waals surface area contributed by atoms with Crippen LogP contribution in [0.3, 0.4) is 0 Å². The van der Waals surface area contributed by atoms with E-state index in [0.29, 0.717) is 11.7 Å². The molecule has 1 aliphatic rings. The number of rotatable bonds is 5. The van der Waals surface area contributed by atoms with Crippen LogP contribution in [0.25, 0.3) is 0 Å². The van der Waals surface area contributed by atoms with Crippen molar-refractivity contribution in [2.45, 2.75) is 32.6 Å². The summed E-state index contributed by atoms with van der Waals surface area (Å²) in [5, 5.41) is 3.33. The lowest BCUT2D eigenvalue weighted by Crippen LogP contribution is -2.26. The van der Waals surface area contributed by atoms with Gasteiger partial charge in [-0.15, -0.1) is 0 Å². The molecule has 0 radical (unpaired) electrons. The van der Waals surface area contributed by atoms with Crippen molar-refractivity contribution >= 4 is 11.6 Å². The van der Waals surface area contributed by atoms with Crippen LogP contribution in [0, 0.1) is 0 Å². The van der Waals surface area contributed by atoms with Gasteiger partial charge in [-0.2, -0.15) is 0 Å². The zero-order valence-corrected chi connectivity index (χ0v) is 11.3. The molecule has 0 bridgehead atoms. The lowest BCUT2D eigenvalue weighted by molar-refractivity contribution is 0.352. The first-order chi connectivity index (χ1) is 8.65. The molecule has 2 rings (SSSR count). The Bertz CT molecular complexity index is 385. The second-order valence-electron chi connectivity index (χ2n) is 5.17. The Kier molecular flexibility index (Phi) is 4.36. The molecule has 0 spiro atoms. The molecule has 5 nitrogen and oxygen atoms in total. The number of nitrogens with two attached hydrogens (primary N) is 1. The predicted molar refractivity (Wildman–Crippen MR) is 74.7 cm³/mol. The molecule has 0 aliphatic carbocycles. The van der Waals surface area contributed by atoms with Gasteiger partial charge in [0.1, 0.15) is 17.5 Å². The molecule has 5 heteroatoms. The summed E-state index contributed by atoms with van der Waals surface area (Å²) in [4.78, 5) is 11.2. The van der Waals surface area contributed by atoms with Gasteiger partial charge in [0.05, 0.1) is 0 Å². The van der Waals surface area contributed by atoms with E-state index >= 15 is 0 Å². The van der Waals surface area contributed by atoms with E-state index in [4.69, 9.17) is 5.73 Å². The van der Waals surface area contributed by atoms with Crippen LogP contribution in [-0.4, -0.2) is 41.0 Å². The molecule has 0 atom stereocenters. The number of nitrogen functional groups attached to an aromatic ring is 1. The Labute approximate surface area is 109 Å². The summed E-state index contributed by atoms with van der Waals surface area (Å²) in [5.41, 5.74) is 5.79. The van der Waals surface area contributed by atoms with Crippen molar-refractivity contribution in [2.75, 3.05) is 37.2 Å². The third-order valence-corrected chi connectivity index (χ3v) is 3.21. The van der Waals surface area contributed by atoms with Gasteiger partial charge >= 0.3 is 0 Å². The molecule has 0 aromatic carbocycles. The van der Waals surface area contributed by atoms with Crippen LogP contribution < -0.4 is 11.1 Å². The summed E-state index contributed by atoms with van der Waals surface area (Å²) in [6.45, 7) is 8.58. The molecule has 1 fully saturated rings. The first kappa shape index (κ1) is 13.1. The lowest BCUT2D eigenvalue weighted by atomic mass is 10.2. The minimum absolute atomic E-state index is 0.299. The Hall–Kier alpha value is -1.36. The summed E-state index contributed by atoms with van der Waals surface area (Å²) < 4.78 is 0. The highest BCUT2D eigenvalue weighted by Crippen LogP contribution is 2.15. The van der Waals surface area contributed by atoms with Gasteiger partial charge in [-0.05, 0) is 25.9 Å². The van der Waals surface area contributed by atoms with E-state index in [9.17, 15) is 0 Å². The van der Waals surface area contributed by atoms with Crippen LogP contribution in [0.2, 0.25) is 0 Å². The van der Waals surface area contributed by atoms with Gasteiger partial charge in [0.15, 0.2) is 0 Å². The van der Waals surface area contributed by atoms with E-state index in [2.05, 4.69) is 34.0 Å². The van der Waals surface area contributed by atoms with Crippen molar-refractivity contribution in [3.63, 3.8) is 0 Å². The summed E-state index contributed by atoms with van der Waals surface area (Å²) in [6, 6.07) is 1.80. The van der Waals surface area contributed by atoms with E-state index in [-0.39, 0.29) is 0 Å². The first-order valence-electron chi connectivity index (χ1n) is 6.76. The molecule has 0 amide bonds. The van der Waals surface area contributed by atoms with Crippen LogP contribution >= 0.6 is 0 Å². The molecule has 0 saturated carbocycles. The molecule has 18 heavy (non-hydrogen) atoms. The van der Waals surface area contributed by atoms with Crippen LogP contribution in [0.5, 0.6) is 0 Å². The van der Waals surface area contributed by atoms with Crippen LogP contribution in [0.1, 0.15) is 38.4 Å². The van der Waals surface area contributed by atoms with Gasteiger partial charge in [-0.25, -0.2) is 9.97 Å². The van der Waals surface area contributed by atoms with Gasteiger partial charge in [0, 0.05) is 25.1 Å². The molecule has 100 valence electrons. The second kappa shape index (κ2) is 6.00. The molecule has 2 heterocycles. The van der Waals surface area contributed by atoms with Crippen LogP contribution in [0.4, 0.5) is 11.6 Å². The van der Waals surface area contributed by atoms with E-state index in [0.717, 1.165) is 24.7 Å². The fourth-order valence-corrected chi connectivity index (χ4v) is 2.18. The molecule has 1 aliphatic heterocycles. The maximum atomic E-state index is 5.79. The highest BCUT2D eigenvalue weighted by Gasteiger charge is 2.11. The molecular formula is C13H23N5. The van der Waals surface area contributed by atoms with E-state index in [1.54, 1.807) is 6.07 Å². The van der Waals surface area contributed by atoms with Crippen molar-refractivity contribution in [1.29, 1.82) is 0 Å². The summed E-state index contributed by atoms with van der Waals surface area (Å²) in [5.74, 6) is 2.48.